The van der Waals surface area contributed by atoms with Gasteiger partial charge in [0.1, 0.15) is 0 Å². The van der Waals surface area contributed by atoms with Crippen molar-refractivity contribution in [2.24, 2.45) is 5.92 Å². The van der Waals surface area contributed by atoms with Gasteiger partial charge < -0.3 is 4.74 Å². The summed E-state index contributed by atoms with van der Waals surface area (Å²) >= 11 is 0. The van der Waals surface area contributed by atoms with Crippen LogP contribution in [0.5, 0.6) is 0 Å². The van der Waals surface area contributed by atoms with Crippen molar-refractivity contribution in [3.05, 3.63) is 5.92 Å². The fraction of sp³-hybridized carbons (Fsp3) is 0.875. The molecule has 1 saturated carbocycles. The van der Waals surface area contributed by atoms with Crippen molar-refractivity contribution in [3.63, 3.8) is 0 Å². The maximum atomic E-state index is 5.26. The normalized spacial score (nSPS) is 19.0. The summed E-state index contributed by atoms with van der Waals surface area (Å²) in [6, 6.07) is 0. The Hall–Kier alpha value is -0.0400. The maximum absolute atomic E-state index is 5.26. The highest BCUT2D eigenvalue weighted by molar-refractivity contribution is 4.99. The van der Waals surface area contributed by atoms with Crippen molar-refractivity contribution in [2.45, 2.75) is 26.7 Å². The lowest BCUT2D eigenvalue weighted by Crippen LogP contribution is -2.04. The molecule has 0 bridgehead atoms. The van der Waals surface area contributed by atoms with Gasteiger partial charge in [-0.2, -0.15) is 0 Å². The van der Waals surface area contributed by atoms with Gasteiger partial charge in [-0.25, -0.2) is 0 Å². The lowest BCUT2D eigenvalue weighted by Gasteiger charge is -2.07. The largest absolute Gasteiger partial charge is 0.381 e. The SMILES string of the molecule is CCOC[C](C)C1CC1. The molecule has 1 aliphatic rings. The number of ether oxygens (including phenoxy) is 1. The fourth-order valence-electron chi connectivity index (χ4n) is 0.957. The van der Waals surface area contributed by atoms with E-state index in [-0.39, 0.29) is 0 Å². The first-order valence-corrected chi connectivity index (χ1v) is 3.74. The van der Waals surface area contributed by atoms with Crippen molar-refractivity contribution in [3.8, 4) is 0 Å². The Bertz CT molecular complexity index is 76.6. The van der Waals surface area contributed by atoms with Crippen LogP contribution >= 0.6 is 0 Å². The van der Waals surface area contributed by atoms with E-state index in [1.54, 1.807) is 0 Å². The van der Waals surface area contributed by atoms with Crippen molar-refractivity contribution in [2.75, 3.05) is 13.2 Å². The van der Waals surface area contributed by atoms with E-state index >= 15 is 0 Å². The van der Waals surface area contributed by atoms with E-state index in [1.165, 1.54) is 18.8 Å². The average Bonchev–Trinajstić information content (AvgIpc) is 2.63. The minimum absolute atomic E-state index is 0.851. The molecule has 0 aromatic carbocycles. The zero-order chi connectivity index (χ0) is 6.69. The van der Waals surface area contributed by atoms with Gasteiger partial charge in [-0.1, -0.05) is 6.92 Å². The predicted molar refractivity (Wildman–Crippen MR) is 38.1 cm³/mol. The molecule has 0 N–H and O–H groups in total. The zero-order valence-corrected chi connectivity index (χ0v) is 6.31. The molecule has 0 amide bonds. The van der Waals surface area contributed by atoms with E-state index < -0.39 is 0 Å². The monoisotopic (exact) mass is 127 g/mol. The first-order chi connectivity index (χ1) is 4.34. The third kappa shape index (κ3) is 2.35. The molecule has 0 aromatic heterocycles. The Morgan fingerprint density at radius 2 is 2.22 bits per heavy atom. The van der Waals surface area contributed by atoms with E-state index in [9.17, 15) is 0 Å². The van der Waals surface area contributed by atoms with Gasteiger partial charge in [0.25, 0.3) is 0 Å². The summed E-state index contributed by atoms with van der Waals surface area (Å²) in [6.45, 7) is 5.98. The maximum Gasteiger partial charge on any atom is 0.0528 e. The molecule has 1 nitrogen and oxygen atoms in total. The summed E-state index contributed by atoms with van der Waals surface area (Å²) in [5.41, 5.74) is 0. The van der Waals surface area contributed by atoms with Gasteiger partial charge in [-0.05, 0) is 25.7 Å². The number of hydrogen-bond donors (Lipinski definition) is 0. The molecule has 1 rings (SSSR count). The molecule has 9 heavy (non-hydrogen) atoms. The van der Waals surface area contributed by atoms with Crippen LogP contribution in [-0.2, 0) is 4.74 Å². The molecule has 0 spiro atoms. The molecular formula is C8H15O. The van der Waals surface area contributed by atoms with Crippen LogP contribution in [-0.4, -0.2) is 13.2 Å². The molecular weight excluding hydrogens is 112 g/mol. The Morgan fingerprint density at radius 1 is 1.56 bits per heavy atom. The third-order valence-electron chi connectivity index (χ3n) is 1.81. The van der Waals surface area contributed by atoms with Gasteiger partial charge in [0, 0.05) is 12.5 Å². The molecule has 53 valence electrons. The molecule has 0 saturated heterocycles. The molecule has 1 aliphatic carbocycles. The summed E-state index contributed by atoms with van der Waals surface area (Å²) in [7, 11) is 0. The van der Waals surface area contributed by atoms with Crippen molar-refractivity contribution < 1.29 is 4.74 Å². The van der Waals surface area contributed by atoms with E-state index in [1.807, 2.05) is 6.92 Å². The van der Waals surface area contributed by atoms with E-state index in [0.29, 0.717) is 0 Å². The van der Waals surface area contributed by atoms with Crippen LogP contribution < -0.4 is 0 Å². The van der Waals surface area contributed by atoms with Crippen molar-refractivity contribution >= 4 is 0 Å². The van der Waals surface area contributed by atoms with Gasteiger partial charge in [-0.3, -0.25) is 0 Å². The molecule has 1 fully saturated rings. The number of hydrogen-bond acceptors (Lipinski definition) is 1. The van der Waals surface area contributed by atoms with Crippen molar-refractivity contribution in [1.29, 1.82) is 0 Å². The smallest absolute Gasteiger partial charge is 0.0528 e. The Morgan fingerprint density at radius 3 is 2.67 bits per heavy atom. The Kier molecular flexibility index (Phi) is 2.52. The van der Waals surface area contributed by atoms with E-state index in [0.717, 1.165) is 19.1 Å². The summed E-state index contributed by atoms with van der Waals surface area (Å²) in [5.74, 6) is 2.45. The van der Waals surface area contributed by atoms with Gasteiger partial charge in [0.05, 0.1) is 6.61 Å². The van der Waals surface area contributed by atoms with Crippen LogP contribution in [0.25, 0.3) is 0 Å². The molecule has 0 aromatic rings. The first-order valence-electron chi connectivity index (χ1n) is 3.74. The summed E-state index contributed by atoms with van der Waals surface area (Å²) in [6.07, 6.45) is 2.80. The molecule has 1 heteroatoms. The minimum Gasteiger partial charge on any atom is -0.381 e. The summed E-state index contributed by atoms with van der Waals surface area (Å²) in [5, 5.41) is 0. The van der Waals surface area contributed by atoms with Crippen LogP contribution in [0.2, 0.25) is 0 Å². The standard InChI is InChI=1S/C8H15O/c1-3-9-6-7(2)8-4-5-8/h8H,3-6H2,1-2H3. The zero-order valence-electron chi connectivity index (χ0n) is 6.31. The van der Waals surface area contributed by atoms with E-state index in [2.05, 4.69) is 6.92 Å². The van der Waals surface area contributed by atoms with Gasteiger partial charge >= 0.3 is 0 Å². The van der Waals surface area contributed by atoms with Crippen LogP contribution in [0.15, 0.2) is 0 Å². The number of rotatable bonds is 4. The lowest BCUT2D eigenvalue weighted by molar-refractivity contribution is 0.153. The van der Waals surface area contributed by atoms with E-state index in [4.69, 9.17) is 4.74 Å². The first kappa shape index (κ1) is 7.07. The molecule has 0 unspecified atom stereocenters. The molecule has 0 aliphatic heterocycles. The van der Waals surface area contributed by atoms with Crippen LogP contribution in [0, 0.1) is 11.8 Å². The predicted octanol–water partition coefficient (Wildman–Crippen LogP) is 2.03. The van der Waals surface area contributed by atoms with Crippen LogP contribution in [0.3, 0.4) is 0 Å². The highest BCUT2D eigenvalue weighted by atomic mass is 16.5. The fourth-order valence-corrected chi connectivity index (χ4v) is 0.957. The van der Waals surface area contributed by atoms with Gasteiger partial charge in [0.2, 0.25) is 0 Å². The lowest BCUT2D eigenvalue weighted by atomic mass is 10.1. The van der Waals surface area contributed by atoms with Crippen LogP contribution in [0.1, 0.15) is 26.7 Å². The molecule has 0 atom stereocenters. The highest BCUT2D eigenvalue weighted by Crippen LogP contribution is 2.37. The quantitative estimate of drug-likeness (QED) is 0.561. The van der Waals surface area contributed by atoms with Crippen LogP contribution in [0.4, 0.5) is 0 Å². The second kappa shape index (κ2) is 3.21. The average molecular weight is 127 g/mol. The topological polar surface area (TPSA) is 9.23 Å². The summed E-state index contributed by atoms with van der Waals surface area (Å²) < 4.78 is 5.26. The second-order valence-corrected chi connectivity index (χ2v) is 2.76. The highest BCUT2D eigenvalue weighted by Gasteiger charge is 2.27. The Balaban J connectivity index is 1.96. The third-order valence-corrected chi connectivity index (χ3v) is 1.81. The van der Waals surface area contributed by atoms with Gasteiger partial charge in [-0.15, -0.1) is 0 Å². The van der Waals surface area contributed by atoms with Crippen molar-refractivity contribution in [1.82, 2.24) is 0 Å². The molecule has 1 radical (unpaired) electrons. The molecule has 0 heterocycles. The van der Waals surface area contributed by atoms with Gasteiger partial charge in [0.15, 0.2) is 0 Å². The second-order valence-electron chi connectivity index (χ2n) is 2.76. The minimum atomic E-state index is 0.851. The Labute approximate surface area is 57.4 Å². The summed E-state index contributed by atoms with van der Waals surface area (Å²) in [4.78, 5) is 0.